The fraction of sp³-hybridized carbons (Fsp3) is 0.486. The van der Waals surface area contributed by atoms with Crippen molar-refractivity contribution in [3.63, 3.8) is 0 Å². The Bertz CT molecular complexity index is 1750. The minimum atomic E-state index is -0.533. The van der Waals surface area contributed by atoms with Crippen LogP contribution in [0.5, 0.6) is 0 Å². The third-order valence-corrected chi connectivity index (χ3v) is 9.21. The van der Waals surface area contributed by atoms with Crippen molar-refractivity contribution in [1.82, 2.24) is 29.7 Å². The van der Waals surface area contributed by atoms with Crippen LogP contribution in [0.15, 0.2) is 42.6 Å². The van der Waals surface area contributed by atoms with E-state index in [1.165, 1.54) is 4.88 Å². The summed E-state index contributed by atoms with van der Waals surface area (Å²) in [6, 6.07) is 10.3. The molecule has 2 N–H and O–H groups in total. The Hall–Kier alpha value is -3.42. The van der Waals surface area contributed by atoms with E-state index in [0.717, 1.165) is 70.9 Å². The van der Waals surface area contributed by atoms with Crippen LogP contribution in [-0.4, -0.2) is 66.2 Å². The van der Waals surface area contributed by atoms with Crippen LogP contribution < -0.4 is 0 Å². The number of aromatic amines is 2. The highest BCUT2D eigenvalue weighted by atomic mass is 32.1. The van der Waals surface area contributed by atoms with E-state index >= 15 is 0 Å². The maximum atomic E-state index is 12.8. The first-order chi connectivity index (χ1) is 21.8. The van der Waals surface area contributed by atoms with Gasteiger partial charge in [-0.2, -0.15) is 27.0 Å². The SMILES string of the molecule is CC(C)(C)OC(=O)N1CCC[C@H]1c1ncc(-c2ccc(CC=Cc3ccc4nc([C@@H]5CCCN5C(=O)OC(C)(C)C)[nH]c4c3)s2)[nH]1.S.S. The Morgan fingerprint density at radius 1 is 0.896 bits per heavy atom. The van der Waals surface area contributed by atoms with Crippen molar-refractivity contribution in [2.24, 2.45) is 0 Å². The van der Waals surface area contributed by atoms with Crippen molar-refractivity contribution >= 4 is 67.6 Å². The van der Waals surface area contributed by atoms with Crippen LogP contribution in [0.25, 0.3) is 27.7 Å². The van der Waals surface area contributed by atoms with E-state index < -0.39 is 11.2 Å². The molecule has 5 heterocycles. The Balaban J connectivity index is 0.00000260. The smallest absolute Gasteiger partial charge is 0.410 e. The minimum absolute atomic E-state index is 0. The van der Waals surface area contributed by atoms with Crippen LogP contribution in [0.2, 0.25) is 0 Å². The zero-order valence-corrected chi connectivity index (χ0v) is 31.4. The second kappa shape index (κ2) is 15.0. The molecule has 0 bridgehead atoms. The molecule has 0 spiro atoms. The van der Waals surface area contributed by atoms with Gasteiger partial charge in [0.2, 0.25) is 0 Å². The average molecular weight is 713 g/mol. The zero-order valence-electron chi connectivity index (χ0n) is 28.6. The van der Waals surface area contributed by atoms with Gasteiger partial charge in [-0.1, -0.05) is 18.2 Å². The van der Waals surface area contributed by atoms with Gasteiger partial charge in [0.05, 0.1) is 39.9 Å². The number of allylic oxidation sites excluding steroid dienone is 1. The summed E-state index contributed by atoms with van der Waals surface area (Å²) in [4.78, 5) is 47.9. The predicted molar refractivity (Wildman–Crippen MR) is 201 cm³/mol. The number of hydrogen-bond donors (Lipinski definition) is 2. The number of imidazole rings is 2. The Kier molecular flexibility index (Phi) is 11.7. The number of hydrogen-bond acceptors (Lipinski definition) is 7. The number of nitrogens with zero attached hydrogens (tertiary/aromatic N) is 4. The molecule has 2 aliphatic heterocycles. The lowest BCUT2D eigenvalue weighted by molar-refractivity contribution is 0.0208. The summed E-state index contributed by atoms with van der Waals surface area (Å²) in [6.07, 6.45) is 9.96. The van der Waals surface area contributed by atoms with Crippen LogP contribution in [0.4, 0.5) is 9.59 Å². The quantitative estimate of drug-likeness (QED) is 0.207. The maximum Gasteiger partial charge on any atom is 0.410 e. The van der Waals surface area contributed by atoms with Gasteiger partial charge in [0, 0.05) is 24.4 Å². The second-order valence-corrected chi connectivity index (χ2v) is 15.3. The minimum Gasteiger partial charge on any atom is -0.444 e. The molecular formula is C35H48N6O4S3. The number of rotatable bonds is 6. The van der Waals surface area contributed by atoms with Crippen LogP contribution in [0, 0.1) is 0 Å². The topological polar surface area (TPSA) is 116 Å². The molecule has 6 rings (SSSR count). The van der Waals surface area contributed by atoms with E-state index in [9.17, 15) is 9.59 Å². The van der Waals surface area contributed by atoms with Gasteiger partial charge in [-0.15, -0.1) is 11.3 Å². The molecule has 48 heavy (non-hydrogen) atoms. The van der Waals surface area contributed by atoms with Crippen LogP contribution in [-0.2, 0) is 15.9 Å². The molecule has 260 valence electrons. The van der Waals surface area contributed by atoms with Gasteiger partial charge in [-0.3, -0.25) is 9.80 Å². The molecule has 2 aliphatic rings. The number of carbonyl (C=O) groups is 2. The summed E-state index contributed by atoms with van der Waals surface area (Å²) in [7, 11) is 0. The molecule has 0 unspecified atom stereocenters. The number of carbonyl (C=O) groups excluding carboxylic acids is 2. The highest BCUT2D eigenvalue weighted by Crippen LogP contribution is 2.35. The number of nitrogens with one attached hydrogen (secondary N) is 2. The third kappa shape index (κ3) is 8.78. The first-order valence-corrected chi connectivity index (χ1v) is 16.9. The van der Waals surface area contributed by atoms with E-state index in [-0.39, 0.29) is 51.3 Å². The summed E-state index contributed by atoms with van der Waals surface area (Å²) >= 11 is 1.73. The third-order valence-electron chi connectivity index (χ3n) is 8.07. The number of ether oxygens (including phenoxy) is 2. The van der Waals surface area contributed by atoms with Crippen molar-refractivity contribution in [2.75, 3.05) is 13.1 Å². The first-order valence-electron chi connectivity index (χ1n) is 16.1. The molecule has 10 nitrogen and oxygen atoms in total. The highest BCUT2D eigenvalue weighted by molar-refractivity contribution is 7.59. The summed E-state index contributed by atoms with van der Waals surface area (Å²) in [6.45, 7) is 12.7. The van der Waals surface area contributed by atoms with Crippen LogP contribution in [0.3, 0.4) is 0 Å². The summed E-state index contributed by atoms with van der Waals surface area (Å²) in [5.41, 5.74) is 2.82. The van der Waals surface area contributed by atoms with E-state index in [1.54, 1.807) is 21.1 Å². The predicted octanol–water partition coefficient (Wildman–Crippen LogP) is 8.64. The highest BCUT2D eigenvalue weighted by Gasteiger charge is 2.36. The Morgan fingerprint density at radius 2 is 1.52 bits per heavy atom. The number of likely N-dealkylation sites (tertiary alicyclic amines) is 2. The monoisotopic (exact) mass is 712 g/mol. The van der Waals surface area contributed by atoms with Crippen molar-refractivity contribution in [3.05, 3.63) is 64.7 Å². The molecule has 2 saturated heterocycles. The summed E-state index contributed by atoms with van der Waals surface area (Å²) in [5, 5.41) is 0. The molecule has 4 aromatic rings. The lowest BCUT2D eigenvalue weighted by atomic mass is 10.1. The van der Waals surface area contributed by atoms with Gasteiger partial charge in [-0.25, -0.2) is 19.6 Å². The largest absolute Gasteiger partial charge is 0.444 e. The average Bonchev–Trinajstić information content (AvgIpc) is 3.80. The molecule has 2 amide bonds. The van der Waals surface area contributed by atoms with Gasteiger partial charge in [0.1, 0.15) is 22.9 Å². The molecule has 2 fully saturated rings. The lowest BCUT2D eigenvalue weighted by Gasteiger charge is -2.27. The van der Waals surface area contributed by atoms with Crippen molar-refractivity contribution in [2.45, 2.75) is 96.9 Å². The first kappa shape index (κ1) is 37.4. The fourth-order valence-corrected chi connectivity index (χ4v) is 7.01. The van der Waals surface area contributed by atoms with E-state index in [4.69, 9.17) is 14.5 Å². The zero-order chi connectivity index (χ0) is 32.6. The van der Waals surface area contributed by atoms with Gasteiger partial charge in [0.15, 0.2) is 0 Å². The van der Waals surface area contributed by atoms with Crippen LogP contribution in [0.1, 0.15) is 101 Å². The van der Waals surface area contributed by atoms with Gasteiger partial charge >= 0.3 is 12.2 Å². The summed E-state index contributed by atoms with van der Waals surface area (Å²) in [5.74, 6) is 1.61. The lowest BCUT2D eigenvalue weighted by Crippen LogP contribution is -2.36. The molecule has 0 aliphatic carbocycles. The normalized spacial score (nSPS) is 18.3. The van der Waals surface area contributed by atoms with E-state index in [0.29, 0.717) is 13.1 Å². The van der Waals surface area contributed by atoms with Gasteiger partial charge in [0.25, 0.3) is 0 Å². The molecule has 0 saturated carbocycles. The number of H-pyrrole nitrogens is 2. The second-order valence-electron chi connectivity index (χ2n) is 14.1. The van der Waals surface area contributed by atoms with E-state index in [1.807, 2.05) is 53.8 Å². The number of fused-ring (bicyclic) bond motifs is 1. The van der Waals surface area contributed by atoms with Crippen molar-refractivity contribution in [3.8, 4) is 10.6 Å². The fourth-order valence-electron chi connectivity index (χ4n) is 6.06. The van der Waals surface area contributed by atoms with Gasteiger partial charge in [-0.05, 0) is 97.1 Å². The molecule has 13 heteroatoms. The molecule has 2 atom stereocenters. The van der Waals surface area contributed by atoms with Crippen LogP contribution >= 0.6 is 38.3 Å². The Morgan fingerprint density at radius 3 is 2.15 bits per heavy atom. The van der Waals surface area contributed by atoms with E-state index in [2.05, 4.69) is 51.4 Å². The number of benzene rings is 1. The standard InChI is InChI=1S/C35H44N6O4S.2H2S/c1-34(2,3)44-32(42)40-18-8-12-27(40)30-36-21-26(39-30)29-17-15-23(46-29)11-7-10-22-14-16-24-25(20-22)38-31(37-24)28-13-9-19-41(28)33(43)45-35(4,5)6;;/h7,10,14-17,20-21,27-28H,8-9,11-13,18-19H2,1-6H3,(H,36,39)(H,37,38);2*1H2/t27-,28-;;/m0../s1. The number of amides is 2. The Labute approximate surface area is 300 Å². The molecule has 3 aromatic heterocycles. The maximum absolute atomic E-state index is 12.8. The van der Waals surface area contributed by atoms with Gasteiger partial charge < -0.3 is 19.4 Å². The molecule has 0 radical (unpaired) electrons. The van der Waals surface area contributed by atoms with Crippen molar-refractivity contribution in [1.29, 1.82) is 0 Å². The number of thiophene rings is 1. The molecular weight excluding hydrogens is 665 g/mol. The molecule has 1 aromatic carbocycles. The summed E-state index contributed by atoms with van der Waals surface area (Å²) < 4.78 is 11.3. The number of aromatic nitrogens is 4. The van der Waals surface area contributed by atoms with Crippen molar-refractivity contribution < 1.29 is 19.1 Å².